The lowest BCUT2D eigenvalue weighted by Gasteiger charge is -2.36. The number of ether oxygens (including phenoxy) is 1. The van der Waals surface area contributed by atoms with E-state index < -0.39 is 20.2 Å². The molecule has 0 saturated heterocycles. The van der Waals surface area contributed by atoms with Crippen LogP contribution in [0.3, 0.4) is 0 Å². The predicted molar refractivity (Wildman–Crippen MR) is 142 cm³/mol. The molecule has 0 aromatic heterocycles. The zero-order chi connectivity index (χ0) is 26.1. The van der Waals surface area contributed by atoms with Crippen LogP contribution < -0.4 is 10.2 Å². The number of anilines is 2. The average Bonchev–Trinajstić information content (AvgIpc) is 2.81. The lowest BCUT2D eigenvalue weighted by molar-refractivity contribution is -0.135. The Morgan fingerprint density at radius 3 is 2.17 bits per heavy atom. The largest absolute Gasteiger partial charge is 0.466 e. The van der Waals surface area contributed by atoms with Crippen LogP contribution in [0.4, 0.5) is 11.4 Å². The first kappa shape index (κ1) is 28.0. The van der Waals surface area contributed by atoms with Crippen LogP contribution in [0.25, 0.3) is 0 Å². The van der Waals surface area contributed by atoms with Crippen molar-refractivity contribution in [3.63, 3.8) is 0 Å². The third-order valence-electron chi connectivity index (χ3n) is 6.10. The number of hydrogen-bond donors (Lipinski definition) is 1. The second-order valence-corrected chi connectivity index (χ2v) is 14.5. The van der Waals surface area contributed by atoms with Crippen LogP contribution in [0.15, 0.2) is 66.7 Å². The minimum absolute atomic E-state index is 0.0344. The van der Waals surface area contributed by atoms with Crippen molar-refractivity contribution in [1.29, 1.82) is 0 Å². The standard InChI is InChI=1S/C27H36N2O5Si/c1-27(2,3)35(5,6)34-19-18-29(23-10-8-7-9-11-23)25(31)20-21-12-14-22(15-13-21)28-24(30)16-17-26(32)33-4/h7-17H,18-20H2,1-6H3,(H,28,30)/b17-16+. The molecule has 0 atom stereocenters. The highest BCUT2D eigenvalue weighted by Crippen LogP contribution is 2.36. The van der Waals surface area contributed by atoms with E-state index in [0.29, 0.717) is 18.8 Å². The molecule has 2 rings (SSSR count). The molecule has 0 aliphatic heterocycles. The molecule has 0 fully saturated rings. The van der Waals surface area contributed by atoms with Crippen molar-refractivity contribution >= 4 is 37.5 Å². The predicted octanol–water partition coefficient (Wildman–Crippen LogP) is 4.95. The summed E-state index contributed by atoms with van der Waals surface area (Å²) >= 11 is 0. The van der Waals surface area contributed by atoms with Gasteiger partial charge in [0.2, 0.25) is 11.8 Å². The lowest BCUT2D eigenvalue weighted by Crippen LogP contribution is -2.44. The van der Waals surface area contributed by atoms with Gasteiger partial charge in [-0.3, -0.25) is 9.59 Å². The molecule has 7 nitrogen and oxygen atoms in total. The summed E-state index contributed by atoms with van der Waals surface area (Å²) in [5, 5.41) is 2.76. The molecular formula is C27H36N2O5Si. The molecule has 0 aliphatic carbocycles. The van der Waals surface area contributed by atoms with Gasteiger partial charge in [0.05, 0.1) is 20.1 Å². The summed E-state index contributed by atoms with van der Waals surface area (Å²) in [7, 11) is -0.678. The van der Waals surface area contributed by atoms with E-state index >= 15 is 0 Å². The van der Waals surface area contributed by atoms with Crippen LogP contribution >= 0.6 is 0 Å². The number of para-hydroxylation sites is 1. The minimum atomic E-state index is -1.92. The molecule has 0 radical (unpaired) electrons. The fraction of sp³-hybridized carbons (Fsp3) is 0.370. The van der Waals surface area contributed by atoms with Crippen LogP contribution in [0, 0.1) is 0 Å². The summed E-state index contributed by atoms with van der Waals surface area (Å²) in [6.07, 6.45) is 2.37. The van der Waals surface area contributed by atoms with Gasteiger partial charge in [-0.1, -0.05) is 51.1 Å². The van der Waals surface area contributed by atoms with Gasteiger partial charge in [0.1, 0.15) is 0 Å². The van der Waals surface area contributed by atoms with E-state index in [1.165, 1.54) is 7.11 Å². The number of methoxy groups -OCH3 is 1. The van der Waals surface area contributed by atoms with Crippen molar-refractivity contribution in [2.75, 3.05) is 30.5 Å². The van der Waals surface area contributed by atoms with E-state index in [1.54, 1.807) is 29.2 Å². The second-order valence-electron chi connectivity index (χ2n) is 9.71. The van der Waals surface area contributed by atoms with Gasteiger partial charge < -0.3 is 19.4 Å². The summed E-state index contributed by atoms with van der Waals surface area (Å²) in [5.41, 5.74) is 2.21. The Morgan fingerprint density at radius 2 is 1.60 bits per heavy atom. The third-order valence-corrected chi connectivity index (χ3v) is 10.6. The molecule has 2 amide bonds. The topological polar surface area (TPSA) is 84.9 Å². The number of benzene rings is 2. The Bertz CT molecular complexity index is 1030. The Labute approximate surface area is 209 Å². The SMILES string of the molecule is COC(=O)/C=C/C(=O)Nc1ccc(CC(=O)N(CCO[Si](C)(C)C(C)(C)C)c2ccccc2)cc1. The molecule has 2 aromatic carbocycles. The van der Waals surface area contributed by atoms with Crippen molar-refractivity contribution in [3.8, 4) is 0 Å². The molecule has 0 unspecified atom stereocenters. The number of nitrogens with zero attached hydrogens (tertiary/aromatic N) is 1. The summed E-state index contributed by atoms with van der Waals surface area (Å²) in [4.78, 5) is 38.0. The van der Waals surface area contributed by atoms with Crippen LogP contribution in [0.2, 0.25) is 18.1 Å². The zero-order valence-corrected chi connectivity index (χ0v) is 22.5. The smallest absolute Gasteiger partial charge is 0.330 e. The van der Waals surface area contributed by atoms with Crippen molar-refractivity contribution < 1.29 is 23.5 Å². The molecule has 8 heteroatoms. The Hall–Kier alpha value is -3.23. The normalized spacial score (nSPS) is 11.8. The lowest BCUT2D eigenvalue weighted by atomic mass is 10.1. The van der Waals surface area contributed by atoms with Crippen LogP contribution in [-0.2, 0) is 30.0 Å². The van der Waals surface area contributed by atoms with Gasteiger partial charge >= 0.3 is 5.97 Å². The number of carbonyl (C=O) groups is 3. The van der Waals surface area contributed by atoms with Crippen molar-refractivity contribution in [2.45, 2.75) is 45.3 Å². The van der Waals surface area contributed by atoms with Crippen molar-refractivity contribution in [2.24, 2.45) is 0 Å². The van der Waals surface area contributed by atoms with Gasteiger partial charge in [-0.15, -0.1) is 0 Å². The average molecular weight is 497 g/mol. The highest BCUT2D eigenvalue weighted by Gasteiger charge is 2.37. The van der Waals surface area contributed by atoms with Gasteiger partial charge in [-0.05, 0) is 48.0 Å². The van der Waals surface area contributed by atoms with E-state index in [2.05, 4.69) is 43.9 Å². The van der Waals surface area contributed by atoms with Crippen LogP contribution in [0.5, 0.6) is 0 Å². The summed E-state index contributed by atoms with van der Waals surface area (Å²) < 4.78 is 10.8. The number of hydrogen-bond acceptors (Lipinski definition) is 5. The van der Waals surface area contributed by atoms with Crippen molar-refractivity contribution in [3.05, 3.63) is 72.3 Å². The first-order chi connectivity index (χ1) is 16.4. The summed E-state index contributed by atoms with van der Waals surface area (Å²) in [5.74, 6) is -1.09. The molecule has 2 aromatic rings. The number of carbonyl (C=O) groups excluding carboxylic acids is 3. The fourth-order valence-electron chi connectivity index (χ4n) is 2.99. The van der Waals surface area contributed by atoms with Crippen LogP contribution in [0.1, 0.15) is 26.3 Å². The number of amides is 2. The molecule has 0 bridgehead atoms. The van der Waals surface area contributed by atoms with E-state index in [0.717, 1.165) is 23.4 Å². The second kappa shape index (κ2) is 12.5. The molecular weight excluding hydrogens is 460 g/mol. The molecule has 0 spiro atoms. The summed E-state index contributed by atoms with van der Waals surface area (Å²) in [6.45, 7) is 11.9. The number of esters is 1. The van der Waals surface area contributed by atoms with E-state index in [9.17, 15) is 14.4 Å². The maximum Gasteiger partial charge on any atom is 0.330 e. The van der Waals surface area contributed by atoms with Crippen molar-refractivity contribution in [1.82, 2.24) is 0 Å². The van der Waals surface area contributed by atoms with E-state index in [-0.39, 0.29) is 17.4 Å². The first-order valence-corrected chi connectivity index (χ1v) is 14.5. The monoisotopic (exact) mass is 496 g/mol. The molecule has 0 heterocycles. The highest BCUT2D eigenvalue weighted by atomic mass is 28.4. The first-order valence-electron chi connectivity index (χ1n) is 11.6. The Balaban J connectivity index is 2.05. The van der Waals surface area contributed by atoms with Gasteiger partial charge in [0, 0.05) is 30.1 Å². The maximum absolute atomic E-state index is 13.3. The van der Waals surface area contributed by atoms with Gasteiger partial charge in [0.15, 0.2) is 8.32 Å². The molecule has 35 heavy (non-hydrogen) atoms. The van der Waals surface area contributed by atoms with Gasteiger partial charge in [-0.2, -0.15) is 0 Å². The Morgan fingerprint density at radius 1 is 0.971 bits per heavy atom. The summed E-state index contributed by atoms with van der Waals surface area (Å²) in [6, 6.07) is 16.6. The molecule has 188 valence electrons. The Kier molecular flexibility index (Phi) is 9.97. The zero-order valence-electron chi connectivity index (χ0n) is 21.5. The maximum atomic E-state index is 13.3. The van der Waals surface area contributed by atoms with E-state index in [1.807, 2.05) is 30.3 Å². The van der Waals surface area contributed by atoms with Gasteiger partial charge in [-0.25, -0.2) is 4.79 Å². The quantitative estimate of drug-likeness (QED) is 0.286. The van der Waals surface area contributed by atoms with Gasteiger partial charge in [0.25, 0.3) is 0 Å². The highest BCUT2D eigenvalue weighted by molar-refractivity contribution is 6.74. The molecule has 1 N–H and O–H groups in total. The third kappa shape index (κ3) is 8.81. The fourth-order valence-corrected chi connectivity index (χ4v) is 4.02. The van der Waals surface area contributed by atoms with E-state index in [4.69, 9.17) is 4.43 Å². The molecule has 0 saturated carbocycles. The molecule has 0 aliphatic rings. The van der Waals surface area contributed by atoms with Crippen LogP contribution in [-0.4, -0.2) is 46.4 Å². The minimum Gasteiger partial charge on any atom is -0.466 e. The number of nitrogens with one attached hydrogen (secondary N) is 1. The number of rotatable bonds is 10.